The van der Waals surface area contributed by atoms with Gasteiger partial charge in [0.05, 0.1) is 6.26 Å². The molecule has 7 nitrogen and oxygen atoms in total. The highest BCUT2D eigenvalue weighted by atomic mass is 35.5. The number of hydrogen-bond acceptors (Lipinski definition) is 6. The number of nitrogens with one attached hydrogen (secondary N) is 1. The highest BCUT2D eigenvalue weighted by Crippen LogP contribution is 2.30. The molecule has 1 fully saturated rings. The van der Waals surface area contributed by atoms with E-state index in [1.807, 2.05) is 11.8 Å². The van der Waals surface area contributed by atoms with Crippen LogP contribution in [0.4, 0.5) is 11.5 Å². The molecule has 9 heteroatoms. The van der Waals surface area contributed by atoms with E-state index in [9.17, 15) is 8.42 Å². The lowest BCUT2D eigenvalue weighted by Crippen LogP contribution is -2.54. The Morgan fingerprint density at radius 3 is 2.65 bits per heavy atom. The molecule has 0 amide bonds. The summed E-state index contributed by atoms with van der Waals surface area (Å²) in [4.78, 5) is 10.2. The van der Waals surface area contributed by atoms with E-state index >= 15 is 0 Å². The zero-order valence-corrected chi connectivity index (χ0v) is 13.2. The van der Waals surface area contributed by atoms with Crippen molar-refractivity contribution in [3.63, 3.8) is 0 Å². The number of piperazine rings is 1. The van der Waals surface area contributed by atoms with Gasteiger partial charge in [0.1, 0.15) is 12.0 Å². The molecule has 1 saturated heterocycles. The molecule has 0 aliphatic carbocycles. The summed E-state index contributed by atoms with van der Waals surface area (Å²) in [6.45, 7) is 3.45. The molecule has 1 aliphatic heterocycles. The second-order valence-electron chi connectivity index (χ2n) is 4.78. The number of halogens is 1. The van der Waals surface area contributed by atoms with Gasteiger partial charge in [0.15, 0.2) is 11.0 Å². The maximum Gasteiger partial charge on any atom is 0.211 e. The normalized spacial score (nSPS) is 21.0. The topological polar surface area (TPSA) is 78.4 Å². The van der Waals surface area contributed by atoms with Crippen LogP contribution in [-0.4, -0.2) is 61.7 Å². The Balaban J connectivity index is 2.24. The van der Waals surface area contributed by atoms with Crippen molar-refractivity contribution < 1.29 is 8.42 Å². The maximum absolute atomic E-state index is 11.7. The SMILES string of the molecule is CNc1c(Cl)ncnc1N1CCN(S(C)(=O)=O)[C@@H](C)C1. The first kappa shape index (κ1) is 15.3. The fourth-order valence-corrected chi connectivity index (χ4v) is 3.79. The molecule has 1 aliphatic rings. The molecular formula is C11H18ClN5O2S. The molecule has 112 valence electrons. The third-order valence-electron chi connectivity index (χ3n) is 3.32. The van der Waals surface area contributed by atoms with E-state index in [-0.39, 0.29) is 6.04 Å². The first-order valence-electron chi connectivity index (χ1n) is 6.24. The van der Waals surface area contributed by atoms with Crippen LogP contribution < -0.4 is 10.2 Å². The largest absolute Gasteiger partial charge is 0.383 e. The lowest BCUT2D eigenvalue weighted by Gasteiger charge is -2.39. The van der Waals surface area contributed by atoms with E-state index in [2.05, 4.69) is 15.3 Å². The van der Waals surface area contributed by atoms with Gasteiger partial charge in [-0.25, -0.2) is 18.4 Å². The minimum atomic E-state index is -3.17. The second kappa shape index (κ2) is 5.71. The summed E-state index contributed by atoms with van der Waals surface area (Å²) in [5.41, 5.74) is 0.661. The van der Waals surface area contributed by atoms with Crippen molar-refractivity contribution in [1.82, 2.24) is 14.3 Å². The number of sulfonamides is 1. The molecule has 1 aromatic rings. The van der Waals surface area contributed by atoms with Crippen LogP contribution >= 0.6 is 11.6 Å². The van der Waals surface area contributed by atoms with Crippen LogP contribution in [-0.2, 0) is 10.0 Å². The monoisotopic (exact) mass is 319 g/mol. The molecule has 0 aromatic carbocycles. The quantitative estimate of drug-likeness (QED) is 0.824. The van der Waals surface area contributed by atoms with Crippen molar-refractivity contribution >= 4 is 33.1 Å². The first-order valence-corrected chi connectivity index (χ1v) is 8.47. The third-order valence-corrected chi connectivity index (χ3v) is 5.00. The Bertz CT molecular complexity index is 594. The van der Waals surface area contributed by atoms with Gasteiger partial charge >= 0.3 is 0 Å². The zero-order chi connectivity index (χ0) is 14.9. The van der Waals surface area contributed by atoms with Gasteiger partial charge in [-0.3, -0.25) is 0 Å². The Kier molecular flexibility index (Phi) is 4.36. The number of hydrogen-bond donors (Lipinski definition) is 1. The Morgan fingerprint density at radius 1 is 1.40 bits per heavy atom. The minimum Gasteiger partial charge on any atom is -0.383 e. The standard InChI is InChI=1S/C11H18ClN5O2S/c1-8-6-16(4-5-17(8)20(3,18)19)11-9(13-2)10(12)14-7-15-11/h7-8,13H,4-6H2,1-3H3/t8-/m0/s1. The van der Waals surface area contributed by atoms with Crippen LogP contribution in [0, 0.1) is 0 Å². The number of nitrogens with zero attached hydrogens (tertiary/aromatic N) is 4. The fourth-order valence-electron chi connectivity index (χ4n) is 2.44. The molecule has 0 radical (unpaired) electrons. The average molecular weight is 320 g/mol. The van der Waals surface area contributed by atoms with Crippen LogP contribution in [0.5, 0.6) is 0 Å². The van der Waals surface area contributed by atoms with Crippen molar-refractivity contribution in [2.45, 2.75) is 13.0 Å². The van der Waals surface area contributed by atoms with Crippen LogP contribution in [0.25, 0.3) is 0 Å². The molecule has 1 atom stereocenters. The minimum absolute atomic E-state index is 0.114. The molecule has 2 heterocycles. The van der Waals surface area contributed by atoms with Gasteiger partial charge in [-0.15, -0.1) is 0 Å². The van der Waals surface area contributed by atoms with Crippen LogP contribution in [0.2, 0.25) is 5.15 Å². The molecule has 20 heavy (non-hydrogen) atoms. The summed E-state index contributed by atoms with van der Waals surface area (Å²) in [5, 5.41) is 3.34. The smallest absolute Gasteiger partial charge is 0.211 e. The van der Waals surface area contributed by atoms with Gasteiger partial charge in [-0.05, 0) is 6.92 Å². The van der Waals surface area contributed by atoms with Gasteiger partial charge in [0, 0.05) is 32.7 Å². The molecule has 0 spiro atoms. The lowest BCUT2D eigenvalue weighted by atomic mass is 10.2. The molecule has 0 bridgehead atoms. The summed E-state index contributed by atoms with van der Waals surface area (Å²) in [6, 6.07) is -0.114. The second-order valence-corrected chi connectivity index (χ2v) is 7.07. The van der Waals surface area contributed by atoms with Gasteiger partial charge in [-0.2, -0.15) is 4.31 Å². The van der Waals surface area contributed by atoms with Gasteiger partial charge in [0.25, 0.3) is 0 Å². The Hall–Kier alpha value is -1.12. The Morgan fingerprint density at radius 2 is 2.10 bits per heavy atom. The van der Waals surface area contributed by atoms with Crippen LogP contribution in [0.3, 0.4) is 0 Å². The van der Waals surface area contributed by atoms with Crippen LogP contribution in [0.1, 0.15) is 6.92 Å². The molecular weight excluding hydrogens is 302 g/mol. The third kappa shape index (κ3) is 2.97. The predicted molar refractivity (Wildman–Crippen MR) is 79.8 cm³/mol. The summed E-state index contributed by atoms with van der Waals surface area (Å²) >= 11 is 6.04. The molecule has 1 N–H and O–H groups in total. The molecule has 0 saturated carbocycles. The highest BCUT2D eigenvalue weighted by molar-refractivity contribution is 7.88. The van der Waals surface area contributed by atoms with E-state index in [0.717, 1.165) is 0 Å². The average Bonchev–Trinajstić information content (AvgIpc) is 2.36. The van der Waals surface area contributed by atoms with E-state index in [4.69, 9.17) is 11.6 Å². The predicted octanol–water partition coefficient (Wildman–Crippen LogP) is 0.642. The lowest BCUT2D eigenvalue weighted by molar-refractivity contribution is 0.308. The van der Waals surface area contributed by atoms with Crippen molar-refractivity contribution in [1.29, 1.82) is 0 Å². The van der Waals surface area contributed by atoms with Gasteiger partial charge in [-0.1, -0.05) is 11.6 Å². The fraction of sp³-hybridized carbons (Fsp3) is 0.636. The van der Waals surface area contributed by atoms with Crippen LogP contribution in [0.15, 0.2) is 6.33 Å². The summed E-state index contributed by atoms with van der Waals surface area (Å²) in [5.74, 6) is 0.701. The summed E-state index contributed by atoms with van der Waals surface area (Å²) in [6.07, 6.45) is 2.64. The number of rotatable bonds is 3. The van der Waals surface area contributed by atoms with E-state index in [1.165, 1.54) is 16.9 Å². The summed E-state index contributed by atoms with van der Waals surface area (Å²) in [7, 11) is -1.42. The van der Waals surface area contributed by atoms with Gasteiger partial charge in [0.2, 0.25) is 10.0 Å². The number of anilines is 2. The van der Waals surface area contributed by atoms with Gasteiger partial charge < -0.3 is 10.2 Å². The van der Waals surface area contributed by atoms with E-state index in [1.54, 1.807) is 7.05 Å². The van der Waals surface area contributed by atoms with Crippen molar-refractivity contribution in [3.8, 4) is 0 Å². The zero-order valence-electron chi connectivity index (χ0n) is 11.7. The molecule has 1 aromatic heterocycles. The molecule has 0 unspecified atom stereocenters. The number of aromatic nitrogens is 2. The van der Waals surface area contributed by atoms with E-state index < -0.39 is 10.0 Å². The maximum atomic E-state index is 11.7. The first-order chi connectivity index (χ1) is 9.34. The van der Waals surface area contributed by atoms with Crippen molar-refractivity contribution in [2.75, 3.05) is 43.2 Å². The Labute approximate surface area is 124 Å². The summed E-state index contributed by atoms with van der Waals surface area (Å²) < 4.78 is 24.8. The highest BCUT2D eigenvalue weighted by Gasteiger charge is 2.31. The molecule has 2 rings (SSSR count). The van der Waals surface area contributed by atoms with Crippen molar-refractivity contribution in [3.05, 3.63) is 11.5 Å². The van der Waals surface area contributed by atoms with E-state index in [0.29, 0.717) is 36.3 Å². The van der Waals surface area contributed by atoms with Crippen molar-refractivity contribution in [2.24, 2.45) is 0 Å².